The Morgan fingerprint density at radius 1 is 1.22 bits per heavy atom. The van der Waals surface area contributed by atoms with Crippen molar-refractivity contribution >= 4 is 5.91 Å². The molecule has 18 heavy (non-hydrogen) atoms. The van der Waals surface area contributed by atoms with Crippen molar-refractivity contribution < 1.29 is 4.79 Å². The molecular weight excluding hydrogens is 224 g/mol. The van der Waals surface area contributed by atoms with E-state index >= 15 is 0 Å². The molecule has 3 heteroatoms. The number of amides is 1. The van der Waals surface area contributed by atoms with E-state index in [1.165, 1.54) is 19.3 Å². The van der Waals surface area contributed by atoms with Crippen molar-refractivity contribution in [2.45, 2.75) is 37.8 Å². The highest BCUT2D eigenvalue weighted by molar-refractivity contribution is 5.83. The predicted octanol–water partition coefficient (Wildman–Crippen LogP) is 1.99. The van der Waals surface area contributed by atoms with Gasteiger partial charge in [-0.2, -0.15) is 0 Å². The third-order valence-electron chi connectivity index (χ3n) is 4.51. The molecule has 0 saturated heterocycles. The average molecular weight is 244 g/mol. The first-order valence-corrected chi connectivity index (χ1v) is 6.85. The van der Waals surface area contributed by atoms with Gasteiger partial charge in [0.05, 0.1) is 0 Å². The average Bonchev–Trinajstić information content (AvgIpc) is 3.01. The Bertz CT molecular complexity index is 431. The molecule has 2 fully saturated rings. The number of carbonyl (C=O) groups is 1. The standard InChI is InChI=1S/C15H20N2O/c16-14(11-4-2-1-3-5-11)15(18)17-13-9-10-6-7-12(13)8-10/h1-5,10,12-14H,6-9,16H2,(H,17,18)/t10?,12?,13?,14-/m1/s1. The van der Waals surface area contributed by atoms with Crippen LogP contribution in [-0.2, 0) is 4.79 Å². The van der Waals surface area contributed by atoms with E-state index in [4.69, 9.17) is 5.73 Å². The summed E-state index contributed by atoms with van der Waals surface area (Å²) in [6.45, 7) is 0. The normalized spacial score (nSPS) is 31.3. The number of hydrogen-bond acceptors (Lipinski definition) is 2. The van der Waals surface area contributed by atoms with Gasteiger partial charge in [0.1, 0.15) is 6.04 Å². The molecule has 3 N–H and O–H groups in total. The second kappa shape index (κ2) is 4.73. The molecule has 1 amide bonds. The minimum atomic E-state index is -0.537. The fraction of sp³-hybridized carbons (Fsp3) is 0.533. The highest BCUT2D eigenvalue weighted by Gasteiger charge is 2.40. The van der Waals surface area contributed by atoms with Crippen LogP contribution >= 0.6 is 0 Å². The summed E-state index contributed by atoms with van der Waals surface area (Å²) in [5.74, 6) is 1.51. The molecule has 96 valence electrons. The molecule has 2 bridgehead atoms. The summed E-state index contributed by atoms with van der Waals surface area (Å²) in [6.07, 6.45) is 5.07. The van der Waals surface area contributed by atoms with Gasteiger partial charge in [-0.25, -0.2) is 0 Å². The van der Waals surface area contributed by atoms with E-state index in [1.54, 1.807) is 0 Å². The zero-order valence-electron chi connectivity index (χ0n) is 10.5. The van der Waals surface area contributed by atoms with Gasteiger partial charge in [-0.1, -0.05) is 36.8 Å². The first-order valence-electron chi connectivity index (χ1n) is 6.85. The lowest BCUT2D eigenvalue weighted by atomic mass is 9.95. The van der Waals surface area contributed by atoms with Crippen LogP contribution in [-0.4, -0.2) is 11.9 Å². The quantitative estimate of drug-likeness (QED) is 0.854. The summed E-state index contributed by atoms with van der Waals surface area (Å²) in [6, 6.07) is 9.41. The molecule has 2 aliphatic rings. The lowest BCUT2D eigenvalue weighted by molar-refractivity contribution is -0.123. The molecule has 0 spiro atoms. The molecule has 3 unspecified atom stereocenters. The Kier molecular flexibility index (Phi) is 3.08. The van der Waals surface area contributed by atoms with Gasteiger partial charge in [0, 0.05) is 6.04 Å². The van der Waals surface area contributed by atoms with E-state index in [-0.39, 0.29) is 5.91 Å². The van der Waals surface area contributed by atoms with Crippen molar-refractivity contribution in [3.8, 4) is 0 Å². The highest BCUT2D eigenvalue weighted by Crippen LogP contribution is 2.44. The zero-order chi connectivity index (χ0) is 12.5. The molecule has 3 nitrogen and oxygen atoms in total. The van der Waals surface area contributed by atoms with Gasteiger partial charge in [0.25, 0.3) is 0 Å². The molecule has 2 saturated carbocycles. The van der Waals surface area contributed by atoms with Gasteiger partial charge >= 0.3 is 0 Å². The summed E-state index contributed by atoms with van der Waals surface area (Å²) in [5.41, 5.74) is 6.89. The smallest absolute Gasteiger partial charge is 0.241 e. The molecule has 1 aromatic carbocycles. The molecule has 0 aliphatic heterocycles. The number of nitrogens with one attached hydrogen (secondary N) is 1. The molecular formula is C15H20N2O. The Balaban J connectivity index is 1.62. The lowest BCUT2D eigenvalue weighted by Gasteiger charge is -2.24. The second-order valence-electron chi connectivity index (χ2n) is 5.68. The van der Waals surface area contributed by atoms with E-state index < -0.39 is 6.04 Å². The Hall–Kier alpha value is -1.35. The Morgan fingerprint density at radius 3 is 2.61 bits per heavy atom. The van der Waals surface area contributed by atoms with Crippen molar-refractivity contribution in [1.29, 1.82) is 0 Å². The zero-order valence-corrected chi connectivity index (χ0v) is 10.5. The van der Waals surface area contributed by atoms with Gasteiger partial charge in [-0.3, -0.25) is 4.79 Å². The van der Waals surface area contributed by atoms with Gasteiger partial charge < -0.3 is 11.1 Å². The third kappa shape index (κ3) is 2.15. The maximum absolute atomic E-state index is 12.1. The minimum absolute atomic E-state index is 0.0289. The van der Waals surface area contributed by atoms with Crippen LogP contribution in [0.15, 0.2) is 30.3 Å². The van der Waals surface area contributed by atoms with E-state index in [0.29, 0.717) is 12.0 Å². The van der Waals surface area contributed by atoms with Crippen molar-refractivity contribution in [2.75, 3.05) is 0 Å². The van der Waals surface area contributed by atoms with Crippen molar-refractivity contribution in [1.82, 2.24) is 5.32 Å². The Labute approximate surface area is 108 Å². The van der Waals surface area contributed by atoms with E-state index in [9.17, 15) is 4.79 Å². The number of carbonyl (C=O) groups excluding carboxylic acids is 1. The van der Waals surface area contributed by atoms with Crippen LogP contribution in [0.3, 0.4) is 0 Å². The molecule has 0 heterocycles. The number of hydrogen-bond donors (Lipinski definition) is 2. The minimum Gasteiger partial charge on any atom is -0.351 e. The van der Waals surface area contributed by atoms with Crippen molar-refractivity contribution in [3.63, 3.8) is 0 Å². The lowest BCUT2D eigenvalue weighted by Crippen LogP contribution is -2.43. The largest absolute Gasteiger partial charge is 0.351 e. The van der Waals surface area contributed by atoms with Crippen LogP contribution in [0.1, 0.15) is 37.3 Å². The third-order valence-corrected chi connectivity index (χ3v) is 4.51. The van der Waals surface area contributed by atoms with Crippen LogP contribution in [0.4, 0.5) is 0 Å². The molecule has 1 aromatic rings. The van der Waals surface area contributed by atoms with Crippen LogP contribution in [0.25, 0.3) is 0 Å². The van der Waals surface area contributed by atoms with Gasteiger partial charge in [0.2, 0.25) is 5.91 Å². The van der Waals surface area contributed by atoms with E-state index in [1.807, 2.05) is 30.3 Å². The Morgan fingerprint density at radius 2 is 2.00 bits per heavy atom. The van der Waals surface area contributed by atoms with Crippen molar-refractivity contribution in [2.24, 2.45) is 17.6 Å². The van der Waals surface area contributed by atoms with E-state index in [0.717, 1.165) is 17.9 Å². The number of rotatable bonds is 3. The first-order chi connectivity index (χ1) is 8.74. The summed E-state index contributed by atoms with van der Waals surface area (Å²) in [5, 5.41) is 3.14. The van der Waals surface area contributed by atoms with Gasteiger partial charge in [0.15, 0.2) is 0 Å². The number of benzene rings is 1. The van der Waals surface area contributed by atoms with Gasteiger partial charge in [-0.15, -0.1) is 0 Å². The molecule has 4 atom stereocenters. The van der Waals surface area contributed by atoms with E-state index in [2.05, 4.69) is 5.32 Å². The van der Waals surface area contributed by atoms with Crippen LogP contribution < -0.4 is 11.1 Å². The highest BCUT2D eigenvalue weighted by atomic mass is 16.2. The predicted molar refractivity (Wildman–Crippen MR) is 70.7 cm³/mol. The summed E-state index contributed by atoms with van der Waals surface area (Å²) in [7, 11) is 0. The monoisotopic (exact) mass is 244 g/mol. The van der Waals surface area contributed by atoms with Crippen LogP contribution in [0.2, 0.25) is 0 Å². The molecule has 3 rings (SSSR count). The molecule has 0 radical (unpaired) electrons. The topological polar surface area (TPSA) is 55.1 Å². The fourth-order valence-electron chi connectivity index (χ4n) is 3.51. The van der Waals surface area contributed by atoms with Crippen LogP contribution in [0, 0.1) is 11.8 Å². The summed E-state index contributed by atoms with van der Waals surface area (Å²) >= 11 is 0. The number of nitrogens with two attached hydrogens (primary N) is 1. The van der Waals surface area contributed by atoms with Gasteiger partial charge in [-0.05, 0) is 36.7 Å². The maximum atomic E-state index is 12.1. The number of fused-ring (bicyclic) bond motifs is 2. The second-order valence-corrected chi connectivity index (χ2v) is 5.68. The van der Waals surface area contributed by atoms with Crippen molar-refractivity contribution in [3.05, 3.63) is 35.9 Å². The first kappa shape index (κ1) is 11.7. The summed E-state index contributed by atoms with van der Waals surface area (Å²) in [4.78, 5) is 12.1. The maximum Gasteiger partial charge on any atom is 0.241 e. The van der Waals surface area contributed by atoms with Crippen LogP contribution in [0.5, 0.6) is 0 Å². The molecule has 0 aromatic heterocycles. The summed E-state index contributed by atoms with van der Waals surface area (Å²) < 4.78 is 0. The SMILES string of the molecule is N[C@@H](C(=O)NC1CC2CCC1C2)c1ccccc1. The fourth-order valence-corrected chi connectivity index (χ4v) is 3.51. The molecule has 2 aliphatic carbocycles.